The molecular formula is C13H19ClN4O. The van der Waals surface area contributed by atoms with Crippen LogP contribution in [0.5, 0.6) is 0 Å². The highest BCUT2D eigenvalue weighted by Crippen LogP contribution is 2.16. The summed E-state index contributed by atoms with van der Waals surface area (Å²) in [4.78, 5) is 18.4. The van der Waals surface area contributed by atoms with Gasteiger partial charge in [-0.1, -0.05) is 18.5 Å². The first-order valence-electron chi connectivity index (χ1n) is 6.54. The maximum Gasteiger partial charge on any atom is 0.253 e. The smallest absolute Gasteiger partial charge is 0.253 e. The second kappa shape index (κ2) is 6.21. The molecule has 0 saturated carbocycles. The van der Waals surface area contributed by atoms with Crippen molar-refractivity contribution in [3.05, 3.63) is 23.0 Å². The van der Waals surface area contributed by atoms with Gasteiger partial charge in [0.2, 0.25) is 0 Å². The summed E-state index contributed by atoms with van der Waals surface area (Å²) in [6.45, 7) is 5.13. The van der Waals surface area contributed by atoms with Crippen molar-refractivity contribution < 1.29 is 4.79 Å². The monoisotopic (exact) mass is 282 g/mol. The number of carbonyl (C=O) groups is 1. The largest absolute Gasteiger partial charge is 0.397 e. The lowest BCUT2D eigenvalue weighted by atomic mass is 10.1. The molecule has 6 heteroatoms. The minimum Gasteiger partial charge on any atom is -0.397 e. The molecule has 1 aromatic rings. The Labute approximate surface area is 118 Å². The zero-order valence-electron chi connectivity index (χ0n) is 11.0. The molecule has 0 bridgehead atoms. The van der Waals surface area contributed by atoms with Gasteiger partial charge in [-0.25, -0.2) is 4.98 Å². The van der Waals surface area contributed by atoms with E-state index in [1.165, 1.54) is 12.3 Å². The van der Waals surface area contributed by atoms with Crippen LogP contribution in [0.4, 0.5) is 5.69 Å². The number of hydrogen-bond acceptors (Lipinski definition) is 4. The Morgan fingerprint density at radius 3 is 3.21 bits per heavy atom. The zero-order valence-corrected chi connectivity index (χ0v) is 11.8. The molecule has 1 amide bonds. The third-order valence-corrected chi connectivity index (χ3v) is 3.64. The first-order valence-corrected chi connectivity index (χ1v) is 6.92. The number of hydrogen-bond donors (Lipinski definition) is 2. The molecule has 19 heavy (non-hydrogen) atoms. The van der Waals surface area contributed by atoms with Gasteiger partial charge in [0.25, 0.3) is 5.91 Å². The fraction of sp³-hybridized carbons (Fsp3) is 0.538. The molecule has 1 aromatic heterocycles. The molecule has 1 atom stereocenters. The van der Waals surface area contributed by atoms with Crippen molar-refractivity contribution in [2.75, 3.05) is 25.4 Å². The summed E-state index contributed by atoms with van der Waals surface area (Å²) in [6, 6.07) is 1.68. The minimum absolute atomic E-state index is 0.174. The second-order valence-corrected chi connectivity index (χ2v) is 5.19. The Kier molecular flexibility index (Phi) is 4.61. The summed E-state index contributed by atoms with van der Waals surface area (Å²) in [7, 11) is 0. The van der Waals surface area contributed by atoms with Gasteiger partial charge in [0.1, 0.15) is 5.15 Å². The van der Waals surface area contributed by atoms with Gasteiger partial charge in [-0.05, 0) is 32.0 Å². The maximum atomic E-state index is 12.2. The van der Waals surface area contributed by atoms with E-state index in [1.54, 1.807) is 0 Å². The highest BCUT2D eigenvalue weighted by atomic mass is 35.5. The lowest BCUT2D eigenvalue weighted by molar-refractivity contribution is 0.0906. The number of likely N-dealkylation sites (tertiary alicyclic amines) is 1. The SMILES string of the molecule is CCN1CCCC(NC(=O)c2cc(Cl)ncc2N)C1. The molecule has 1 aliphatic rings. The predicted molar refractivity (Wildman–Crippen MR) is 76.3 cm³/mol. The number of rotatable bonds is 3. The topological polar surface area (TPSA) is 71.2 Å². The van der Waals surface area contributed by atoms with Crippen LogP contribution in [0.25, 0.3) is 0 Å². The van der Waals surface area contributed by atoms with Crippen LogP contribution in [0.3, 0.4) is 0 Å². The number of piperidine rings is 1. The Morgan fingerprint density at radius 1 is 1.68 bits per heavy atom. The van der Waals surface area contributed by atoms with E-state index in [1.807, 2.05) is 0 Å². The summed E-state index contributed by atoms with van der Waals surface area (Å²) in [6.07, 6.45) is 3.52. The third-order valence-electron chi connectivity index (χ3n) is 3.43. The van der Waals surface area contributed by atoms with E-state index in [0.717, 1.165) is 32.5 Å². The molecule has 0 radical (unpaired) electrons. The van der Waals surface area contributed by atoms with Crippen molar-refractivity contribution in [2.24, 2.45) is 0 Å². The van der Waals surface area contributed by atoms with Crippen LogP contribution in [-0.4, -0.2) is 41.5 Å². The quantitative estimate of drug-likeness (QED) is 0.825. The Morgan fingerprint density at radius 2 is 2.47 bits per heavy atom. The third kappa shape index (κ3) is 3.58. The number of likely N-dealkylation sites (N-methyl/N-ethyl adjacent to an activating group) is 1. The van der Waals surface area contributed by atoms with Gasteiger partial charge in [0.05, 0.1) is 17.4 Å². The number of nitrogens with one attached hydrogen (secondary N) is 1. The zero-order chi connectivity index (χ0) is 13.8. The van der Waals surface area contributed by atoms with Crippen LogP contribution in [0.15, 0.2) is 12.3 Å². The number of nitrogens with two attached hydrogens (primary N) is 1. The number of halogens is 1. The van der Waals surface area contributed by atoms with Crippen LogP contribution >= 0.6 is 11.6 Å². The molecule has 1 fully saturated rings. The molecular weight excluding hydrogens is 264 g/mol. The first-order chi connectivity index (χ1) is 9.10. The average Bonchev–Trinajstić information content (AvgIpc) is 2.41. The van der Waals surface area contributed by atoms with Crippen molar-refractivity contribution >= 4 is 23.2 Å². The van der Waals surface area contributed by atoms with Gasteiger partial charge < -0.3 is 16.0 Å². The first kappa shape index (κ1) is 14.1. The summed E-state index contributed by atoms with van der Waals surface area (Å²) in [5, 5.41) is 3.30. The molecule has 1 unspecified atom stereocenters. The van der Waals surface area contributed by atoms with Crippen LogP contribution in [0.2, 0.25) is 5.15 Å². The Hall–Kier alpha value is -1.33. The lowest BCUT2D eigenvalue weighted by Gasteiger charge is -2.32. The number of nitrogen functional groups attached to an aromatic ring is 1. The summed E-state index contributed by atoms with van der Waals surface area (Å²) < 4.78 is 0. The van der Waals surface area contributed by atoms with Crippen LogP contribution in [-0.2, 0) is 0 Å². The maximum absolute atomic E-state index is 12.2. The van der Waals surface area contributed by atoms with Gasteiger partial charge >= 0.3 is 0 Å². The van der Waals surface area contributed by atoms with E-state index in [0.29, 0.717) is 11.3 Å². The van der Waals surface area contributed by atoms with Gasteiger partial charge in [-0.15, -0.1) is 0 Å². The van der Waals surface area contributed by atoms with Crippen molar-refractivity contribution in [3.63, 3.8) is 0 Å². The molecule has 1 aliphatic heterocycles. The number of nitrogens with zero attached hydrogens (tertiary/aromatic N) is 2. The van der Waals surface area contributed by atoms with Gasteiger partial charge in [-0.2, -0.15) is 0 Å². The molecule has 2 rings (SSSR count). The van der Waals surface area contributed by atoms with Crippen molar-refractivity contribution in [1.82, 2.24) is 15.2 Å². The fourth-order valence-electron chi connectivity index (χ4n) is 2.36. The molecule has 2 heterocycles. The van der Waals surface area contributed by atoms with Crippen molar-refractivity contribution in [1.29, 1.82) is 0 Å². The lowest BCUT2D eigenvalue weighted by Crippen LogP contribution is -2.47. The van der Waals surface area contributed by atoms with Crippen molar-refractivity contribution in [2.45, 2.75) is 25.8 Å². The molecule has 1 saturated heterocycles. The van der Waals surface area contributed by atoms with Crippen molar-refractivity contribution in [3.8, 4) is 0 Å². The Bertz CT molecular complexity index is 466. The van der Waals surface area contributed by atoms with E-state index >= 15 is 0 Å². The van der Waals surface area contributed by atoms with Gasteiger partial charge in [0, 0.05) is 12.6 Å². The minimum atomic E-state index is -0.176. The molecule has 0 aliphatic carbocycles. The number of anilines is 1. The Balaban J connectivity index is 2.02. The number of pyridine rings is 1. The van der Waals surface area contributed by atoms with E-state index < -0.39 is 0 Å². The number of carbonyl (C=O) groups excluding carboxylic acids is 1. The van der Waals surface area contributed by atoms with E-state index in [2.05, 4.69) is 22.1 Å². The van der Waals surface area contributed by atoms with E-state index in [4.69, 9.17) is 17.3 Å². The van der Waals surface area contributed by atoms with Crippen LogP contribution in [0.1, 0.15) is 30.1 Å². The fourth-order valence-corrected chi connectivity index (χ4v) is 2.52. The predicted octanol–water partition coefficient (Wildman–Crippen LogP) is 1.53. The standard InChI is InChI=1S/C13H19ClN4O/c1-2-18-5-3-4-9(8-18)17-13(19)10-6-12(14)16-7-11(10)15/h6-7,9H,2-5,8,15H2,1H3,(H,17,19). The molecule has 5 nitrogen and oxygen atoms in total. The van der Waals surface area contributed by atoms with E-state index in [9.17, 15) is 4.79 Å². The second-order valence-electron chi connectivity index (χ2n) is 4.80. The highest BCUT2D eigenvalue weighted by Gasteiger charge is 2.21. The molecule has 0 aromatic carbocycles. The summed E-state index contributed by atoms with van der Waals surface area (Å²) in [5.74, 6) is -0.176. The summed E-state index contributed by atoms with van der Waals surface area (Å²) in [5.41, 5.74) is 6.51. The average molecular weight is 283 g/mol. The molecule has 3 N–H and O–H groups in total. The normalized spacial score (nSPS) is 20.2. The highest BCUT2D eigenvalue weighted by molar-refractivity contribution is 6.29. The molecule has 104 valence electrons. The van der Waals surface area contributed by atoms with Crippen LogP contribution in [0, 0.1) is 0 Å². The van der Waals surface area contributed by atoms with Gasteiger partial charge in [0.15, 0.2) is 0 Å². The summed E-state index contributed by atoms with van der Waals surface area (Å²) >= 11 is 5.79. The van der Waals surface area contributed by atoms with Crippen LogP contribution < -0.4 is 11.1 Å². The number of amides is 1. The number of aromatic nitrogens is 1. The van der Waals surface area contributed by atoms with Gasteiger partial charge in [-0.3, -0.25) is 4.79 Å². The van der Waals surface area contributed by atoms with E-state index in [-0.39, 0.29) is 17.1 Å². The molecule has 0 spiro atoms.